The topological polar surface area (TPSA) is 89.6 Å². The molecule has 2 aromatic heterocycles. The maximum absolute atomic E-state index is 11.3. The molecule has 0 fully saturated rings. The van der Waals surface area contributed by atoms with E-state index >= 15 is 0 Å². The van der Waals surface area contributed by atoms with Crippen molar-refractivity contribution in [3.05, 3.63) is 40.5 Å². The lowest BCUT2D eigenvalue weighted by Crippen LogP contribution is -1.92. The van der Waals surface area contributed by atoms with E-state index in [2.05, 4.69) is 37.1 Å². The first kappa shape index (κ1) is 13.4. The summed E-state index contributed by atoms with van der Waals surface area (Å²) in [6.07, 6.45) is 3.51. The van der Waals surface area contributed by atoms with Crippen LogP contribution in [-0.4, -0.2) is 24.4 Å². The van der Waals surface area contributed by atoms with E-state index < -0.39 is 0 Å². The second-order valence-electron chi connectivity index (χ2n) is 4.20. The molecule has 3 rings (SSSR count). The number of hydrogen-bond donors (Lipinski definition) is 1. The van der Waals surface area contributed by atoms with Crippen LogP contribution in [0.25, 0.3) is 22.2 Å². The zero-order chi connectivity index (χ0) is 14.3. The van der Waals surface area contributed by atoms with Crippen molar-refractivity contribution in [2.45, 2.75) is 6.92 Å². The Morgan fingerprint density at radius 2 is 2.30 bits per heavy atom. The number of nitro benzene ring substituents is 1. The average molecular weight is 401 g/mol. The molecule has 0 spiro atoms. The van der Waals surface area contributed by atoms with Crippen LogP contribution in [0.15, 0.2) is 24.7 Å². The standard InChI is InChI=1S/C11H9IN5O2P/c1-6-11(14-5-13-6)7-2-9-8(4-15-16(9)20-12)10(3-7)17(18)19/h2-5,20H,1H3,(H,13,14). The zero-order valence-corrected chi connectivity index (χ0v) is 13.5. The fourth-order valence-corrected chi connectivity index (χ4v) is 3.64. The van der Waals surface area contributed by atoms with Crippen LogP contribution in [0, 0.1) is 17.0 Å². The molecule has 1 unspecified atom stereocenters. The minimum atomic E-state index is -0.379. The normalized spacial score (nSPS) is 11.7. The number of nitro groups is 1. The van der Waals surface area contributed by atoms with Gasteiger partial charge in [-0.1, -0.05) is 0 Å². The fraction of sp³-hybridized carbons (Fsp3) is 0.0909. The summed E-state index contributed by atoms with van der Waals surface area (Å²) in [4.78, 5) is 18.1. The summed E-state index contributed by atoms with van der Waals surface area (Å²) in [6, 6.07) is 3.44. The summed E-state index contributed by atoms with van der Waals surface area (Å²) >= 11 is 2.20. The Morgan fingerprint density at radius 1 is 1.50 bits per heavy atom. The minimum Gasteiger partial charge on any atom is -0.348 e. The van der Waals surface area contributed by atoms with Gasteiger partial charge in [-0.3, -0.25) is 10.1 Å². The van der Waals surface area contributed by atoms with Crippen molar-refractivity contribution in [2.24, 2.45) is 0 Å². The first-order valence-corrected chi connectivity index (χ1v) is 9.71. The van der Waals surface area contributed by atoms with Crippen LogP contribution in [0.4, 0.5) is 5.69 Å². The summed E-state index contributed by atoms with van der Waals surface area (Å²) in [5.74, 6) is 0. The van der Waals surface area contributed by atoms with Gasteiger partial charge in [-0.25, -0.2) is 9.44 Å². The molecule has 1 atom stereocenters. The van der Waals surface area contributed by atoms with Crippen molar-refractivity contribution in [1.82, 2.24) is 19.5 Å². The molecular weight excluding hydrogens is 392 g/mol. The average Bonchev–Trinajstić information content (AvgIpc) is 3.02. The summed E-state index contributed by atoms with van der Waals surface area (Å²) in [6.45, 7) is 1.88. The summed E-state index contributed by atoms with van der Waals surface area (Å²) in [5.41, 5.74) is 3.13. The van der Waals surface area contributed by atoms with E-state index in [0.29, 0.717) is 11.8 Å². The Labute approximate surface area is 128 Å². The van der Waals surface area contributed by atoms with Crippen LogP contribution < -0.4 is 0 Å². The summed E-state index contributed by atoms with van der Waals surface area (Å²) in [5, 5.41) is 16.0. The highest BCUT2D eigenvalue weighted by Gasteiger charge is 2.19. The smallest absolute Gasteiger partial charge is 0.281 e. The van der Waals surface area contributed by atoms with Gasteiger partial charge in [0.05, 0.1) is 40.4 Å². The Bertz CT molecular complexity index is 812. The Hall–Kier alpha value is -1.54. The van der Waals surface area contributed by atoms with Gasteiger partial charge >= 0.3 is 0 Å². The SMILES string of the molecule is Cc1[nH]cnc1-c1cc([N+](=O)[O-])c2cnn(PI)c2c1. The number of aryl methyl sites for hydroxylation is 1. The van der Waals surface area contributed by atoms with Gasteiger partial charge in [0.25, 0.3) is 5.69 Å². The molecule has 2 heterocycles. The Morgan fingerprint density at radius 3 is 2.90 bits per heavy atom. The van der Waals surface area contributed by atoms with Gasteiger partial charge in [-0.05, 0) is 35.0 Å². The highest BCUT2D eigenvalue weighted by Crippen LogP contribution is 2.36. The maximum Gasteiger partial charge on any atom is 0.281 e. The first-order chi connectivity index (χ1) is 9.61. The van der Waals surface area contributed by atoms with Gasteiger partial charge in [0, 0.05) is 17.3 Å². The number of imidazole rings is 1. The minimum absolute atomic E-state index is 0.0563. The monoisotopic (exact) mass is 401 g/mol. The molecule has 0 aliphatic carbocycles. The highest BCUT2D eigenvalue weighted by molar-refractivity contribution is 14.2. The van der Waals surface area contributed by atoms with Crippen LogP contribution in [0.3, 0.4) is 0 Å². The van der Waals surface area contributed by atoms with Crippen LogP contribution in [0.5, 0.6) is 0 Å². The molecule has 0 radical (unpaired) electrons. The van der Waals surface area contributed by atoms with Crippen LogP contribution in [0.2, 0.25) is 0 Å². The van der Waals surface area contributed by atoms with Crippen LogP contribution in [-0.2, 0) is 0 Å². The van der Waals surface area contributed by atoms with Crippen molar-refractivity contribution in [3.63, 3.8) is 0 Å². The summed E-state index contributed by atoms with van der Waals surface area (Å²) in [7, 11) is 0. The molecule has 9 heteroatoms. The third-order valence-corrected chi connectivity index (χ3v) is 4.93. The van der Waals surface area contributed by atoms with Crippen LogP contribution in [0.1, 0.15) is 5.69 Å². The molecule has 0 bridgehead atoms. The number of nitrogens with zero attached hydrogens (tertiary/aromatic N) is 4. The van der Waals surface area contributed by atoms with E-state index in [0.717, 1.165) is 22.5 Å². The molecule has 0 saturated carbocycles. The summed E-state index contributed by atoms with van der Waals surface area (Å²) < 4.78 is 1.76. The van der Waals surface area contributed by atoms with Crippen molar-refractivity contribution in [2.75, 3.05) is 0 Å². The van der Waals surface area contributed by atoms with E-state index in [1.165, 1.54) is 0 Å². The van der Waals surface area contributed by atoms with E-state index in [4.69, 9.17) is 0 Å². The zero-order valence-electron chi connectivity index (χ0n) is 10.3. The lowest BCUT2D eigenvalue weighted by Gasteiger charge is -2.03. The van der Waals surface area contributed by atoms with Gasteiger partial charge in [0.15, 0.2) is 0 Å². The maximum atomic E-state index is 11.3. The third kappa shape index (κ3) is 2.08. The van der Waals surface area contributed by atoms with E-state index in [9.17, 15) is 10.1 Å². The van der Waals surface area contributed by atoms with Crippen molar-refractivity contribution in [3.8, 4) is 11.3 Å². The first-order valence-electron chi connectivity index (χ1n) is 5.65. The van der Waals surface area contributed by atoms with Crippen molar-refractivity contribution >= 4 is 45.0 Å². The number of H-pyrrole nitrogens is 1. The number of non-ortho nitro benzene ring substituents is 1. The van der Waals surface area contributed by atoms with E-state index in [-0.39, 0.29) is 10.6 Å². The molecule has 3 aromatic rings. The second kappa shape index (κ2) is 5.10. The largest absolute Gasteiger partial charge is 0.348 e. The van der Waals surface area contributed by atoms with Gasteiger partial charge in [0.1, 0.15) is 0 Å². The highest BCUT2D eigenvalue weighted by atomic mass is 127. The van der Waals surface area contributed by atoms with Crippen molar-refractivity contribution < 1.29 is 4.92 Å². The number of benzene rings is 1. The Balaban J connectivity index is 2.34. The quantitative estimate of drug-likeness (QED) is 0.315. The molecule has 0 aliphatic heterocycles. The van der Waals surface area contributed by atoms with Crippen LogP contribution >= 0.6 is 28.4 Å². The van der Waals surface area contributed by atoms with Gasteiger partial charge in [0.2, 0.25) is 0 Å². The predicted molar refractivity (Wildman–Crippen MR) is 86.4 cm³/mol. The van der Waals surface area contributed by atoms with Gasteiger partial charge in [-0.2, -0.15) is 5.10 Å². The second-order valence-corrected chi connectivity index (χ2v) is 6.24. The molecule has 1 N–H and O–H groups in total. The molecule has 102 valence electrons. The number of aromatic amines is 1. The number of nitrogens with one attached hydrogen (secondary N) is 1. The van der Waals surface area contributed by atoms with E-state index in [1.807, 2.05) is 13.0 Å². The number of rotatable bonds is 3. The third-order valence-electron chi connectivity index (χ3n) is 3.05. The van der Waals surface area contributed by atoms with Crippen molar-refractivity contribution in [1.29, 1.82) is 0 Å². The lowest BCUT2D eigenvalue weighted by molar-refractivity contribution is -0.383. The molecular formula is C11H9IN5O2P. The van der Waals surface area contributed by atoms with Gasteiger partial charge < -0.3 is 4.98 Å². The Kier molecular flexibility index (Phi) is 3.43. The molecule has 1 aromatic carbocycles. The predicted octanol–water partition coefficient (Wildman–Crippen LogP) is 3.43. The molecule has 7 nitrogen and oxygen atoms in total. The number of fused-ring (bicyclic) bond motifs is 1. The van der Waals surface area contributed by atoms with E-state index in [1.54, 1.807) is 23.0 Å². The molecule has 0 amide bonds. The number of aromatic nitrogens is 4. The van der Waals surface area contributed by atoms with Gasteiger partial charge in [-0.15, -0.1) is 0 Å². The lowest BCUT2D eigenvalue weighted by atomic mass is 10.1. The molecule has 0 aliphatic rings. The number of halogens is 1. The number of hydrogen-bond acceptors (Lipinski definition) is 4. The fourth-order valence-electron chi connectivity index (χ4n) is 2.11. The molecule has 20 heavy (non-hydrogen) atoms. The molecule has 0 saturated heterocycles.